The van der Waals surface area contributed by atoms with Crippen molar-refractivity contribution in [3.8, 4) is 22.5 Å². The van der Waals surface area contributed by atoms with Gasteiger partial charge in [0.2, 0.25) is 10.0 Å². The van der Waals surface area contributed by atoms with Gasteiger partial charge in [-0.05, 0) is 66.8 Å². The van der Waals surface area contributed by atoms with Crippen LogP contribution in [0.2, 0.25) is 0 Å². The summed E-state index contributed by atoms with van der Waals surface area (Å²) in [5, 5.41) is 10.0. The third kappa shape index (κ3) is 4.93. The first-order valence-corrected chi connectivity index (χ1v) is 14.1. The minimum atomic E-state index is -3.71. The summed E-state index contributed by atoms with van der Waals surface area (Å²) in [4.78, 5) is 24.9. The van der Waals surface area contributed by atoms with E-state index in [4.69, 9.17) is 4.42 Å². The molecule has 1 N–H and O–H groups in total. The van der Waals surface area contributed by atoms with Crippen molar-refractivity contribution in [2.24, 2.45) is 5.92 Å². The van der Waals surface area contributed by atoms with Crippen LogP contribution in [0, 0.1) is 11.7 Å². The first kappa shape index (κ1) is 25.7. The van der Waals surface area contributed by atoms with Crippen molar-refractivity contribution in [1.82, 2.24) is 0 Å². The van der Waals surface area contributed by atoms with E-state index in [1.54, 1.807) is 31.2 Å². The van der Waals surface area contributed by atoms with Crippen LogP contribution in [0.5, 0.6) is 0 Å². The Kier molecular flexibility index (Phi) is 6.56. The number of aromatic carboxylic acids is 1. The van der Waals surface area contributed by atoms with Gasteiger partial charge in [0.1, 0.15) is 17.2 Å². The predicted molar refractivity (Wildman–Crippen MR) is 144 cm³/mol. The molecule has 7 nitrogen and oxygen atoms in total. The Morgan fingerprint density at radius 3 is 2.37 bits per heavy atom. The normalized spacial score (nSPS) is 13.6. The van der Waals surface area contributed by atoms with Crippen LogP contribution in [0.3, 0.4) is 0 Å². The zero-order valence-corrected chi connectivity index (χ0v) is 21.7. The van der Waals surface area contributed by atoms with Gasteiger partial charge in [-0.25, -0.2) is 17.6 Å². The number of carbonyl (C=O) groups is 2. The number of Topliss-reactive ketones (excluding diaryl/α,β-unsaturated/α-hetero) is 1. The highest BCUT2D eigenvalue weighted by Crippen LogP contribution is 2.43. The molecule has 0 unspecified atom stereocenters. The number of hydrogen-bond donors (Lipinski definition) is 1. The van der Waals surface area contributed by atoms with E-state index in [9.17, 15) is 27.5 Å². The number of sulfonamides is 1. The summed E-state index contributed by atoms with van der Waals surface area (Å²) in [6.45, 7) is 2.00. The quantitative estimate of drug-likeness (QED) is 0.250. The van der Waals surface area contributed by atoms with Crippen LogP contribution in [0.1, 0.15) is 46.9 Å². The van der Waals surface area contributed by atoms with E-state index in [1.165, 1.54) is 40.7 Å². The van der Waals surface area contributed by atoms with Crippen molar-refractivity contribution in [2.75, 3.05) is 17.1 Å². The highest BCUT2D eigenvalue weighted by Gasteiger charge is 2.32. The molecule has 1 aromatic heterocycles. The van der Waals surface area contributed by atoms with Crippen molar-refractivity contribution in [1.29, 1.82) is 0 Å². The van der Waals surface area contributed by atoms with Gasteiger partial charge in [-0.2, -0.15) is 0 Å². The lowest BCUT2D eigenvalue weighted by Crippen LogP contribution is -2.32. The average molecular weight is 536 g/mol. The molecule has 38 heavy (non-hydrogen) atoms. The molecule has 0 spiro atoms. The number of furan rings is 1. The van der Waals surface area contributed by atoms with Crippen molar-refractivity contribution < 1.29 is 31.9 Å². The Morgan fingerprint density at radius 1 is 1.05 bits per heavy atom. The van der Waals surface area contributed by atoms with Crippen LogP contribution in [-0.2, 0) is 10.0 Å². The number of carbonyl (C=O) groups excluding carboxylic acids is 1. The number of carboxylic acid groups (broad SMARTS) is 1. The predicted octanol–water partition coefficient (Wildman–Crippen LogP) is 6.37. The second-order valence-corrected chi connectivity index (χ2v) is 11.5. The van der Waals surface area contributed by atoms with Crippen LogP contribution >= 0.6 is 0 Å². The average Bonchev–Trinajstić information content (AvgIpc) is 3.64. The fraction of sp³-hybridized carbons (Fsp3) is 0.241. The maximum Gasteiger partial charge on any atom is 0.335 e. The van der Waals surface area contributed by atoms with Crippen LogP contribution in [0.15, 0.2) is 65.1 Å². The largest absolute Gasteiger partial charge is 0.478 e. The number of nitrogens with zero attached hydrogens (tertiary/aromatic N) is 1. The number of hydrogen-bond acceptors (Lipinski definition) is 5. The minimum absolute atomic E-state index is 0.0469. The van der Waals surface area contributed by atoms with Gasteiger partial charge in [0.15, 0.2) is 5.78 Å². The Bertz CT molecular complexity index is 1670. The molecule has 0 radical (unpaired) electrons. The molecule has 1 aliphatic rings. The molecule has 0 atom stereocenters. The van der Waals surface area contributed by atoms with Crippen molar-refractivity contribution in [2.45, 2.75) is 26.2 Å². The molecule has 9 heteroatoms. The lowest BCUT2D eigenvalue weighted by Gasteiger charge is -2.25. The van der Waals surface area contributed by atoms with Gasteiger partial charge in [-0.3, -0.25) is 9.10 Å². The van der Waals surface area contributed by atoms with E-state index < -0.39 is 21.8 Å². The lowest BCUT2D eigenvalue weighted by atomic mass is 9.95. The van der Waals surface area contributed by atoms with Gasteiger partial charge < -0.3 is 9.52 Å². The molecule has 1 saturated carbocycles. The maximum atomic E-state index is 13.6. The van der Waals surface area contributed by atoms with E-state index in [1.807, 2.05) is 0 Å². The zero-order valence-electron chi connectivity index (χ0n) is 20.9. The molecule has 0 aliphatic heterocycles. The smallest absolute Gasteiger partial charge is 0.335 e. The molecule has 0 bridgehead atoms. The van der Waals surface area contributed by atoms with E-state index in [0.29, 0.717) is 38.9 Å². The molecule has 196 valence electrons. The maximum absolute atomic E-state index is 13.6. The fourth-order valence-electron chi connectivity index (χ4n) is 4.59. The van der Waals surface area contributed by atoms with Crippen molar-refractivity contribution >= 4 is 38.4 Å². The summed E-state index contributed by atoms with van der Waals surface area (Å²) in [6.07, 6.45) is 3.16. The van der Waals surface area contributed by atoms with Crippen LogP contribution in [-0.4, -0.2) is 38.1 Å². The second kappa shape index (κ2) is 9.72. The number of anilines is 1. The lowest BCUT2D eigenvalue weighted by molar-refractivity contribution is 0.0696. The van der Waals surface area contributed by atoms with Gasteiger partial charge in [0.05, 0.1) is 23.1 Å². The monoisotopic (exact) mass is 535 g/mol. The van der Waals surface area contributed by atoms with Gasteiger partial charge in [-0.1, -0.05) is 19.1 Å². The molecular formula is C29H26FNO6S. The van der Waals surface area contributed by atoms with Crippen LogP contribution in [0.25, 0.3) is 33.4 Å². The van der Waals surface area contributed by atoms with Crippen molar-refractivity contribution in [3.63, 3.8) is 0 Å². The minimum Gasteiger partial charge on any atom is -0.478 e. The topological polar surface area (TPSA) is 105 Å². The van der Waals surface area contributed by atoms with Gasteiger partial charge >= 0.3 is 5.97 Å². The van der Waals surface area contributed by atoms with Gasteiger partial charge in [0, 0.05) is 35.5 Å². The van der Waals surface area contributed by atoms with Gasteiger partial charge in [-0.15, -0.1) is 0 Å². The molecular weight excluding hydrogens is 509 g/mol. The molecule has 1 fully saturated rings. The molecule has 1 aliphatic carbocycles. The molecule has 3 aromatic carbocycles. The SMILES string of the molecule is CCC(=O)c1c(-c2ccc(F)cc2)oc2cc(N(CC3CC3)S(C)(=O)=O)c(-c3cccc(C(=O)O)c3)cc12. The third-order valence-electron chi connectivity index (χ3n) is 6.72. The summed E-state index contributed by atoms with van der Waals surface area (Å²) in [5.74, 6) is -1.25. The van der Waals surface area contributed by atoms with E-state index in [-0.39, 0.29) is 36.0 Å². The second-order valence-electron chi connectivity index (χ2n) is 9.58. The Balaban J connectivity index is 1.83. The fourth-order valence-corrected chi connectivity index (χ4v) is 5.58. The number of ketones is 1. The molecule has 4 aromatic rings. The third-order valence-corrected chi connectivity index (χ3v) is 7.87. The summed E-state index contributed by atoms with van der Waals surface area (Å²) in [7, 11) is -3.71. The zero-order chi connectivity index (χ0) is 27.2. The summed E-state index contributed by atoms with van der Waals surface area (Å²) >= 11 is 0. The van der Waals surface area contributed by atoms with Gasteiger partial charge in [0.25, 0.3) is 0 Å². The first-order valence-electron chi connectivity index (χ1n) is 12.3. The number of carboxylic acids is 1. The molecule has 1 heterocycles. The van der Waals surface area contributed by atoms with E-state index >= 15 is 0 Å². The number of fused-ring (bicyclic) bond motifs is 1. The standard InChI is InChI=1S/C29H26FNO6S/c1-3-25(32)27-23-14-22(19-5-4-6-20(13-19)29(33)34)24(31(38(2,35)36)16-17-7-8-17)15-26(23)37-28(27)18-9-11-21(30)12-10-18/h4-6,9-15,17H,3,7-8,16H2,1-2H3,(H,33,34). The highest BCUT2D eigenvalue weighted by molar-refractivity contribution is 7.92. The molecule has 0 saturated heterocycles. The van der Waals surface area contributed by atoms with Crippen molar-refractivity contribution in [3.05, 3.63) is 77.6 Å². The number of halogens is 1. The Morgan fingerprint density at radius 2 is 1.76 bits per heavy atom. The first-order chi connectivity index (χ1) is 18.1. The highest BCUT2D eigenvalue weighted by atomic mass is 32.2. The summed E-state index contributed by atoms with van der Waals surface area (Å²) in [6, 6.07) is 15.1. The van der Waals surface area contributed by atoms with Crippen LogP contribution < -0.4 is 4.31 Å². The molecule has 0 amide bonds. The molecule has 5 rings (SSSR count). The Labute approximate surface area is 219 Å². The summed E-state index contributed by atoms with van der Waals surface area (Å²) in [5.41, 5.74) is 2.46. The van der Waals surface area contributed by atoms with Crippen LogP contribution in [0.4, 0.5) is 10.1 Å². The van der Waals surface area contributed by atoms with E-state index in [2.05, 4.69) is 0 Å². The number of benzene rings is 3. The Hall–Kier alpha value is -3.98. The summed E-state index contributed by atoms with van der Waals surface area (Å²) < 4.78 is 47.1. The number of rotatable bonds is 9. The van der Waals surface area contributed by atoms with E-state index in [0.717, 1.165) is 19.1 Å².